The smallest absolute Gasteiger partial charge is 0.257 e. The fourth-order valence-corrected chi connectivity index (χ4v) is 3.33. The predicted molar refractivity (Wildman–Crippen MR) is 85.2 cm³/mol. The normalized spacial score (nSPS) is 17.5. The summed E-state index contributed by atoms with van der Waals surface area (Å²) >= 11 is 0. The second-order valence-electron chi connectivity index (χ2n) is 6.12. The molecule has 0 aromatic heterocycles. The predicted octanol–water partition coefficient (Wildman–Crippen LogP) is 4.22. The molecule has 0 saturated heterocycles. The first-order valence-corrected chi connectivity index (χ1v) is 7.73. The van der Waals surface area contributed by atoms with Crippen molar-refractivity contribution >= 4 is 5.91 Å². The van der Waals surface area contributed by atoms with E-state index in [1.54, 1.807) is 18.2 Å². The van der Waals surface area contributed by atoms with Crippen molar-refractivity contribution in [2.75, 3.05) is 6.54 Å². The van der Waals surface area contributed by atoms with Gasteiger partial charge in [0.25, 0.3) is 5.91 Å². The van der Waals surface area contributed by atoms with Gasteiger partial charge in [0.1, 0.15) is 5.82 Å². The zero-order chi connectivity index (χ0) is 15.7. The lowest BCUT2D eigenvalue weighted by molar-refractivity contribution is 0.0598. The summed E-state index contributed by atoms with van der Waals surface area (Å²) in [5.41, 5.74) is 2.64. The standard InChI is InChI=1S/C19H20FNO/c1-13(2)18-15-8-4-3-7-14(15)11-12-21(18)19(22)16-9-5-6-10-17(16)20/h3-10,13,18H,11-12H2,1-2H3. The van der Waals surface area contributed by atoms with E-state index in [4.69, 9.17) is 0 Å². The van der Waals surface area contributed by atoms with Crippen LogP contribution in [0.2, 0.25) is 0 Å². The molecule has 1 heterocycles. The van der Waals surface area contributed by atoms with E-state index >= 15 is 0 Å². The molecule has 0 aliphatic carbocycles. The molecule has 0 fully saturated rings. The maximum absolute atomic E-state index is 14.0. The molecule has 2 nitrogen and oxygen atoms in total. The molecule has 0 radical (unpaired) electrons. The van der Waals surface area contributed by atoms with Gasteiger partial charge >= 0.3 is 0 Å². The van der Waals surface area contributed by atoms with E-state index in [9.17, 15) is 9.18 Å². The number of nitrogens with zero attached hydrogens (tertiary/aromatic N) is 1. The largest absolute Gasteiger partial charge is 0.331 e. The van der Waals surface area contributed by atoms with Gasteiger partial charge in [-0.1, -0.05) is 50.2 Å². The van der Waals surface area contributed by atoms with E-state index in [0.29, 0.717) is 6.54 Å². The molecule has 3 rings (SSSR count). The molecule has 2 aromatic rings. The minimum Gasteiger partial charge on any atom is -0.331 e. The van der Waals surface area contributed by atoms with E-state index in [0.717, 1.165) is 6.42 Å². The van der Waals surface area contributed by atoms with Gasteiger partial charge in [0, 0.05) is 6.54 Å². The lowest BCUT2D eigenvalue weighted by Gasteiger charge is -2.40. The lowest BCUT2D eigenvalue weighted by atomic mass is 9.86. The Labute approximate surface area is 130 Å². The quantitative estimate of drug-likeness (QED) is 0.812. The number of rotatable bonds is 2. The molecule has 0 N–H and O–H groups in total. The summed E-state index contributed by atoms with van der Waals surface area (Å²) < 4.78 is 14.0. The molecule has 114 valence electrons. The number of fused-ring (bicyclic) bond motifs is 1. The van der Waals surface area contributed by atoms with Gasteiger partial charge in [-0.3, -0.25) is 4.79 Å². The number of amides is 1. The molecule has 0 spiro atoms. The third-order valence-electron chi connectivity index (χ3n) is 4.33. The van der Waals surface area contributed by atoms with Crippen LogP contribution in [0.5, 0.6) is 0 Å². The molecule has 0 saturated carbocycles. The number of carbonyl (C=O) groups is 1. The topological polar surface area (TPSA) is 20.3 Å². The van der Waals surface area contributed by atoms with Crippen LogP contribution in [0.4, 0.5) is 4.39 Å². The summed E-state index contributed by atoms with van der Waals surface area (Å²) in [4.78, 5) is 14.7. The molecule has 1 amide bonds. The molecule has 1 unspecified atom stereocenters. The van der Waals surface area contributed by atoms with Crippen LogP contribution in [-0.2, 0) is 6.42 Å². The summed E-state index contributed by atoms with van der Waals surface area (Å²) in [7, 11) is 0. The Balaban J connectivity index is 2.01. The first-order valence-electron chi connectivity index (χ1n) is 7.73. The van der Waals surface area contributed by atoms with Crippen molar-refractivity contribution in [3.8, 4) is 0 Å². The highest BCUT2D eigenvalue weighted by Gasteiger charge is 2.33. The average Bonchev–Trinajstić information content (AvgIpc) is 2.53. The number of carbonyl (C=O) groups excluding carboxylic acids is 1. The van der Waals surface area contributed by atoms with Crippen molar-refractivity contribution in [2.24, 2.45) is 5.92 Å². The molecular weight excluding hydrogens is 277 g/mol. The van der Waals surface area contributed by atoms with E-state index in [1.165, 1.54) is 17.2 Å². The summed E-state index contributed by atoms with van der Waals surface area (Å²) in [6, 6.07) is 14.5. The van der Waals surface area contributed by atoms with Crippen LogP contribution in [0, 0.1) is 11.7 Å². The first-order chi connectivity index (χ1) is 10.6. The monoisotopic (exact) mass is 297 g/mol. The number of halogens is 1. The highest BCUT2D eigenvalue weighted by molar-refractivity contribution is 5.95. The molecule has 1 atom stereocenters. The van der Waals surface area contributed by atoms with Crippen molar-refractivity contribution in [2.45, 2.75) is 26.3 Å². The minimum absolute atomic E-state index is 0.00273. The Hall–Kier alpha value is -2.16. The number of benzene rings is 2. The van der Waals surface area contributed by atoms with Crippen LogP contribution < -0.4 is 0 Å². The van der Waals surface area contributed by atoms with Crippen molar-refractivity contribution in [3.63, 3.8) is 0 Å². The van der Waals surface area contributed by atoms with E-state index in [-0.39, 0.29) is 23.4 Å². The van der Waals surface area contributed by atoms with Crippen molar-refractivity contribution in [3.05, 3.63) is 71.0 Å². The summed E-state index contributed by atoms with van der Waals surface area (Å²) in [6.45, 7) is 4.84. The fourth-order valence-electron chi connectivity index (χ4n) is 3.33. The first kappa shape index (κ1) is 14.8. The maximum atomic E-state index is 14.0. The van der Waals surface area contributed by atoms with Crippen molar-refractivity contribution in [1.82, 2.24) is 4.90 Å². The van der Waals surface area contributed by atoms with Crippen LogP contribution in [0.15, 0.2) is 48.5 Å². The maximum Gasteiger partial charge on any atom is 0.257 e. The van der Waals surface area contributed by atoms with Crippen LogP contribution in [0.25, 0.3) is 0 Å². The van der Waals surface area contributed by atoms with Crippen LogP contribution in [0.1, 0.15) is 41.4 Å². The van der Waals surface area contributed by atoms with Crippen LogP contribution in [0.3, 0.4) is 0 Å². The van der Waals surface area contributed by atoms with Gasteiger partial charge in [-0.25, -0.2) is 4.39 Å². The third kappa shape index (κ3) is 2.52. The molecule has 1 aliphatic heterocycles. The van der Waals surface area contributed by atoms with Gasteiger partial charge in [-0.2, -0.15) is 0 Å². The SMILES string of the molecule is CC(C)C1c2ccccc2CCN1C(=O)c1ccccc1F. The molecule has 1 aliphatic rings. The van der Waals surface area contributed by atoms with Crippen LogP contribution in [-0.4, -0.2) is 17.4 Å². The highest BCUT2D eigenvalue weighted by atomic mass is 19.1. The molecule has 0 bridgehead atoms. The van der Waals surface area contributed by atoms with Gasteiger partial charge in [0.2, 0.25) is 0 Å². The van der Waals surface area contributed by atoms with Crippen molar-refractivity contribution in [1.29, 1.82) is 0 Å². The zero-order valence-electron chi connectivity index (χ0n) is 12.9. The Bertz CT molecular complexity index is 695. The molecule has 22 heavy (non-hydrogen) atoms. The molecule has 2 aromatic carbocycles. The summed E-state index contributed by atoms with van der Waals surface area (Å²) in [6.07, 6.45) is 0.819. The summed E-state index contributed by atoms with van der Waals surface area (Å²) in [5.74, 6) is -0.391. The average molecular weight is 297 g/mol. The second kappa shape index (κ2) is 5.91. The van der Waals surface area contributed by atoms with Gasteiger partial charge in [-0.15, -0.1) is 0 Å². The van der Waals surface area contributed by atoms with Gasteiger partial charge in [0.05, 0.1) is 11.6 Å². The van der Waals surface area contributed by atoms with Crippen LogP contribution >= 0.6 is 0 Å². The minimum atomic E-state index is -0.450. The van der Waals surface area contributed by atoms with Gasteiger partial charge in [0.15, 0.2) is 0 Å². The second-order valence-corrected chi connectivity index (χ2v) is 6.12. The summed E-state index contributed by atoms with van der Waals surface area (Å²) in [5, 5.41) is 0. The van der Waals surface area contributed by atoms with E-state index in [1.807, 2.05) is 17.0 Å². The van der Waals surface area contributed by atoms with Gasteiger partial charge < -0.3 is 4.90 Å². The lowest BCUT2D eigenvalue weighted by Crippen LogP contribution is -2.42. The Morgan fingerprint density at radius 1 is 1.14 bits per heavy atom. The van der Waals surface area contributed by atoms with E-state index < -0.39 is 5.82 Å². The number of hydrogen-bond acceptors (Lipinski definition) is 1. The fraction of sp³-hybridized carbons (Fsp3) is 0.316. The Morgan fingerprint density at radius 2 is 1.82 bits per heavy atom. The van der Waals surface area contributed by atoms with Gasteiger partial charge in [-0.05, 0) is 35.6 Å². The zero-order valence-corrected chi connectivity index (χ0v) is 12.9. The van der Waals surface area contributed by atoms with E-state index in [2.05, 4.69) is 26.0 Å². The van der Waals surface area contributed by atoms with Crippen molar-refractivity contribution < 1.29 is 9.18 Å². The molecule has 3 heteroatoms. The number of hydrogen-bond donors (Lipinski definition) is 0. The third-order valence-corrected chi connectivity index (χ3v) is 4.33. The highest BCUT2D eigenvalue weighted by Crippen LogP contribution is 2.36. The Morgan fingerprint density at radius 3 is 2.55 bits per heavy atom. The molecular formula is C19H20FNO. The Kier molecular flexibility index (Phi) is 3.97.